The number of thioether (sulfide) groups is 1. The number of nitrogens with zero attached hydrogens (tertiary/aromatic N) is 2. The van der Waals surface area contributed by atoms with Crippen LogP contribution in [0.2, 0.25) is 0 Å². The molecule has 1 saturated heterocycles. The van der Waals surface area contributed by atoms with Gasteiger partial charge in [0.15, 0.2) is 11.4 Å². The van der Waals surface area contributed by atoms with Gasteiger partial charge in [0.05, 0.1) is 13.2 Å². The minimum Gasteiger partial charge on any atom is -0.462 e. The molecule has 1 aromatic rings. The van der Waals surface area contributed by atoms with Crippen molar-refractivity contribution in [3.05, 3.63) is 11.8 Å². The quantitative estimate of drug-likeness (QED) is 0.433. The lowest BCUT2D eigenvalue weighted by Gasteiger charge is -2.25. The van der Waals surface area contributed by atoms with Gasteiger partial charge in [-0.2, -0.15) is 0 Å². The van der Waals surface area contributed by atoms with Gasteiger partial charge in [-0.15, -0.1) is 0 Å². The van der Waals surface area contributed by atoms with Crippen molar-refractivity contribution < 1.29 is 19.0 Å². The molecule has 0 aromatic carbocycles. The number of nitrogens with one attached hydrogen (secondary N) is 1. The van der Waals surface area contributed by atoms with Gasteiger partial charge in [-0.25, -0.2) is 14.8 Å². The molecule has 24 heavy (non-hydrogen) atoms. The molecule has 0 bridgehead atoms. The minimum absolute atomic E-state index is 0.0340. The highest BCUT2D eigenvalue weighted by Gasteiger charge is 2.19. The molecular weight excluding hydrogens is 330 g/mol. The van der Waals surface area contributed by atoms with Crippen molar-refractivity contribution in [1.29, 1.82) is 0 Å². The summed E-state index contributed by atoms with van der Waals surface area (Å²) in [7, 11) is 0. The summed E-state index contributed by atoms with van der Waals surface area (Å²) < 4.78 is 16.4. The van der Waals surface area contributed by atoms with Crippen molar-refractivity contribution in [2.24, 2.45) is 0 Å². The Hall–Kier alpha value is -1.38. The lowest BCUT2D eigenvalue weighted by atomic mass is 10.2. The average Bonchev–Trinajstić information content (AvgIpc) is 2.61. The maximum Gasteiger partial charge on any atom is 0.343 e. The number of carbonyl (C=O) groups is 1. The lowest BCUT2D eigenvalue weighted by molar-refractivity contribution is -0.163. The molecule has 8 heteroatoms. The maximum absolute atomic E-state index is 12.1. The largest absolute Gasteiger partial charge is 0.462 e. The Morgan fingerprint density at radius 2 is 2.38 bits per heavy atom. The van der Waals surface area contributed by atoms with E-state index in [0.717, 1.165) is 25.9 Å². The summed E-state index contributed by atoms with van der Waals surface area (Å²) in [5.41, 5.74) is 0.329. The molecule has 0 radical (unpaired) electrons. The lowest BCUT2D eigenvalue weighted by Crippen LogP contribution is -2.30. The van der Waals surface area contributed by atoms with E-state index in [1.165, 1.54) is 18.0 Å². The summed E-state index contributed by atoms with van der Waals surface area (Å²) in [6.07, 6.45) is 6.38. The predicted octanol–water partition coefficient (Wildman–Crippen LogP) is 2.72. The third kappa shape index (κ3) is 5.61. The fraction of sp³-hybridized carbons (Fsp3) is 0.688. The standard InChI is InChI=1S/C16H25N3O4S/c1-4-21-15(20)12-9-17-16(24-3)19-14(12)18-11(2)10-23-13-7-5-6-8-22-13/h9,11,13H,4-8,10H2,1-3H3,(H,17,18,19)/t11-,13?/m1/s1. The number of esters is 1. The normalized spacial score (nSPS) is 18.9. The number of hydrogen-bond donors (Lipinski definition) is 1. The molecule has 0 spiro atoms. The molecule has 134 valence electrons. The van der Waals surface area contributed by atoms with Crippen LogP contribution < -0.4 is 5.32 Å². The monoisotopic (exact) mass is 355 g/mol. The molecule has 1 unspecified atom stereocenters. The van der Waals surface area contributed by atoms with Gasteiger partial charge < -0.3 is 19.5 Å². The van der Waals surface area contributed by atoms with Crippen molar-refractivity contribution in [3.8, 4) is 0 Å². The molecule has 0 saturated carbocycles. The number of hydrogen-bond acceptors (Lipinski definition) is 8. The summed E-state index contributed by atoms with van der Waals surface area (Å²) >= 11 is 1.41. The summed E-state index contributed by atoms with van der Waals surface area (Å²) in [6, 6.07) is -0.0340. The zero-order valence-electron chi connectivity index (χ0n) is 14.4. The van der Waals surface area contributed by atoms with Crippen LogP contribution >= 0.6 is 11.8 Å². The van der Waals surface area contributed by atoms with Crippen molar-refractivity contribution in [1.82, 2.24) is 9.97 Å². The average molecular weight is 355 g/mol. The van der Waals surface area contributed by atoms with E-state index in [0.29, 0.717) is 29.8 Å². The van der Waals surface area contributed by atoms with Crippen LogP contribution in [0.3, 0.4) is 0 Å². The van der Waals surface area contributed by atoms with E-state index in [-0.39, 0.29) is 12.3 Å². The summed E-state index contributed by atoms with van der Waals surface area (Å²) in [6.45, 7) is 5.26. The predicted molar refractivity (Wildman–Crippen MR) is 92.4 cm³/mol. The van der Waals surface area contributed by atoms with Gasteiger partial charge in [-0.05, 0) is 39.4 Å². The SMILES string of the molecule is CCOC(=O)c1cnc(SC)nc1N[C@H](C)COC1CCCCO1. The van der Waals surface area contributed by atoms with E-state index in [2.05, 4.69) is 15.3 Å². The molecule has 1 aliphatic heterocycles. The van der Waals surface area contributed by atoms with Crippen molar-refractivity contribution in [3.63, 3.8) is 0 Å². The molecule has 2 rings (SSSR count). The number of anilines is 1. The third-order valence-electron chi connectivity index (χ3n) is 3.50. The number of ether oxygens (including phenoxy) is 3. The van der Waals surface area contributed by atoms with Crippen LogP contribution in [0.5, 0.6) is 0 Å². The Balaban J connectivity index is 1.98. The number of aromatic nitrogens is 2. The molecule has 1 fully saturated rings. The Morgan fingerprint density at radius 1 is 1.54 bits per heavy atom. The van der Waals surface area contributed by atoms with Gasteiger partial charge in [0.2, 0.25) is 0 Å². The highest BCUT2D eigenvalue weighted by Crippen LogP contribution is 2.19. The minimum atomic E-state index is -0.434. The summed E-state index contributed by atoms with van der Waals surface area (Å²) in [5.74, 6) is 0.0323. The van der Waals surface area contributed by atoms with E-state index in [9.17, 15) is 4.79 Å². The Bertz CT molecular complexity index is 538. The molecular formula is C16H25N3O4S. The maximum atomic E-state index is 12.1. The molecule has 2 atom stereocenters. The molecule has 1 N–H and O–H groups in total. The van der Waals surface area contributed by atoms with E-state index in [1.54, 1.807) is 6.92 Å². The number of carbonyl (C=O) groups excluding carboxylic acids is 1. The fourth-order valence-corrected chi connectivity index (χ4v) is 2.64. The Morgan fingerprint density at radius 3 is 3.04 bits per heavy atom. The highest BCUT2D eigenvalue weighted by molar-refractivity contribution is 7.98. The molecule has 2 heterocycles. The second kappa shape index (κ2) is 9.80. The highest BCUT2D eigenvalue weighted by atomic mass is 32.2. The summed E-state index contributed by atoms with van der Waals surface area (Å²) in [4.78, 5) is 20.6. The Labute approximate surface area is 146 Å². The smallest absolute Gasteiger partial charge is 0.343 e. The van der Waals surface area contributed by atoms with Crippen LogP contribution in [-0.2, 0) is 14.2 Å². The third-order valence-corrected chi connectivity index (χ3v) is 4.06. The molecule has 0 aliphatic carbocycles. The van der Waals surface area contributed by atoms with Crippen molar-refractivity contribution >= 4 is 23.5 Å². The van der Waals surface area contributed by atoms with E-state index < -0.39 is 5.97 Å². The first-order chi connectivity index (χ1) is 11.6. The molecule has 0 amide bonds. The summed E-state index contributed by atoms with van der Waals surface area (Å²) in [5, 5.41) is 3.81. The van der Waals surface area contributed by atoms with Crippen molar-refractivity contribution in [2.45, 2.75) is 50.6 Å². The fourth-order valence-electron chi connectivity index (χ4n) is 2.30. The van der Waals surface area contributed by atoms with Gasteiger partial charge in [0.1, 0.15) is 11.4 Å². The van der Waals surface area contributed by atoms with Crippen LogP contribution in [0.25, 0.3) is 0 Å². The first kappa shape index (κ1) is 19.0. The van der Waals surface area contributed by atoms with Crippen molar-refractivity contribution in [2.75, 3.05) is 31.4 Å². The second-order valence-corrected chi connectivity index (χ2v) is 6.29. The van der Waals surface area contributed by atoms with Gasteiger partial charge in [-0.3, -0.25) is 0 Å². The van der Waals surface area contributed by atoms with E-state index in [4.69, 9.17) is 14.2 Å². The van der Waals surface area contributed by atoms with E-state index in [1.807, 2.05) is 13.2 Å². The van der Waals surface area contributed by atoms with Crippen LogP contribution in [0, 0.1) is 0 Å². The molecule has 7 nitrogen and oxygen atoms in total. The zero-order chi connectivity index (χ0) is 17.4. The first-order valence-electron chi connectivity index (χ1n) is 8.22. The van der Waals surface area contributed by atoms with Crippen LogP contribution in [0.15, 0.2) is 11.4 Å². The van der Waals surface area contributed by atoms with E-state index >= 15 is 0 Å². The topological polar surface area (TPSA) is 82.6 Å². The van der Waals surface area contributed by atoms with Gasteiger partial charge >= 0.3 is 5.97 Å². The van der Waals surface area contributed by atoms with Crippen LogP contribution in [0.4, 0.5) is 5.82 Å². The zero-order valence-corrected chi connectivity index (χ0v) is 15.2. The Kier molecular flexibility index (Phi) is 7.74. The van der Waals surface area contributed by atoms with Gasteiger partial charge in [0.25, 0.3) is 0 Å². The van der Waals surface area contributed by atoms with Gasteiger partial charge in [-0.1, -0.05) is 11.8 Å². The van der Waals surface area contributed by atoms with Gasteiger partial charge in [0, 0.05) is 18.8 Å². The molecule has 1 aliphatic rings. The number of rotatable bonds is 8. The molecule has 1 aromatic heterocycles. The first-order valence-corrected chi connectivity index (χ1v) is 9.44. The van der Waals surface area contributed by atoms with Crippen LogP contribution in [-0.4, -0.2) is 54.3 Å². The van der Waals surface area contributed by atoms with Crippen LogP contribution in [0.1, 0.15) is 43.5 Å². The second-order valence-electron chi connectivity index (χ2n) is 5.51.